The molecular weight excluding hydrogens is 372 g/mol. The third-order valence-electron chi connectivity index (χ3n) is 4.42. The molecule has 0 saturated carbocycles. The first kappa shape index (κ1) is 20.3. The van der Waals surface area contributed by atoms with Crippen molar-refractivity contribution in [2.75, 3.05) is 7.11 Å². The van der Waals surface area contributed by atoms with Crippen LogP contribution in [0.4, 0.5) is 0 Å². The molecule has 0 spiro atoms. The molecule has 2 aromatic heterocycles. The summed E-state index contributed by atoms with van der Waals surface area (Å²) in [6.45, 7) is 5.96. The molecule has 0 radical (unpaired) electrons. The van der Waals surface area contributed by atoms with E-state index < -0.39 is 0 Å². The third kappa shape index (κ3) is 4.90. The lowest BCUT2D eigenvalue weighted by atomic mass is 10.1. The standard InChI is InChI=1S/C21H24N4O4/c1-13(2)18-11-19(29-24-18)21(27)22-14(3)12-25-20(26)10-9-17(23-25)15-5-7-16(28-4)8-6-15/h5-11,13-14H,12H2,1-4H3,(H,22,27)/t14-/m0/s1. The van der Waals surface area contributed by atoms with Gasteiger partial charge < -0.3 is 14.6 Å². The van der Waals surface area contributed by atoms with Crippen LogP contribution < -0.4 is 15.6 Å². The number of rotatable bonds is 7. The van der Waals surface area contributed by atoms with Crippen molar-refractivity contribution in [2.24, 2.45) is 0 Å². The predicted octanol–water partition coefficient (Wildman–Crippen LogP) is 2.85. The Labute approximate surface area is 168 Å². The minimum atomic E-state index is -0.378. The Morgan fingerprint density at radius 1 is 1.17 bits per heavy atom. The van der Waals surface area contributed by atoms with Gasteiger partial charge in [-0.25, -0.2) is 4.68 Å². The summed E-state index contributed by atoms with van der Waals surface area (Å²) in [6.07, 6.45) is 0. The van der Waals surface area contributed by atoms with E-state index in [4.69, 9.17) is 9.26 Å². The van der Waals surface area contributed by atoms with Gasteiger partial charge in [-0.05, 0) is 43.2 Å². The second kappa shape index (κ2) is 8.72. The van der Waals surface area contributed by atoms with E-state index in [9.17, 15) is 9.59 Å². The lowest BCUT2D eigenvalue weighted by Crippen LogP contribution is -2.38. The van der Waals surface area contributed by atoms with Crippen molar-refractivity contribution in [1.82, 2.24) is 20.3 Å². The molecule has 8 nitrogen and oxygen atoms in total. The fourth-order valence-corrected chi connectivity index (χ4v) is 2.76. The molecular formula is C21H24N4O4. The lowest BCUT2D eigenvalue weighted by molar-refractivity contribution is 0.0898. The van der Waals surface area contributed by atoms with Crippen molar-refractivity contribution in [1.29, 1.82) is 0 Å². The highest BCUT2D eigenvalue weighted by molar-refractivity contribution is 5.91. The Kier molecular flexibility index (Phi) is 6.11. The molecule has 0 aliphatic heterocycles. The second-order valence-corrected chi connectivity index (χ2v) is 7.11. The number of nitrogens with one attached hydrogen (secondary N) is 1. The van der Waals surface area contributed by atoms with Gasteiger partial charge in [-0.15, -0.1) is 0 Å². The number of hydrogen-bond donors (Lipinski definition) is 1. The Morgan fingerprint density at radius 2 is 1.90 bits per heavy atom. The molecule has 0 saturated heterocycles. The number of aromatic nitrogens is 3. The summed E-state index contributed by atoms with van der Waals surface area (Å²) < 4.78 is 11.6. The number of ether oxygens (including phenoxy) is 1. The van der Waals surface area contributed by atoms with Crippen LogP contribution in [0, 0.1) is 0 Å². The van der Waals surface area contributed by atoms with Crippen LogP contribution in [0.25, 0.3) is 11.3 Å². The summed E-state index contributed by atoms with van der Waals surface area (Å²) in [5.74, 6) is 0.678. The average Bonchev–Trinajstić information content (AvgIpc) is 3.20. The lowest BCUT2D eigenvalue weighted by Gasteiger charge is -2.14. The van der Waals surface area contributed by atoms with Crippen LogP contribution in [0.2, 0.25) is 0 Å². The number of hydrogen-bond acceptors (Lipinski definition) is 6. The van der Waals surface area contributed by atoms with Crippen molar-refractivity contribution >= 4 is 5.91 Å². The van der Waals surface area contributed by atoms with Crippen molar-refractivity contribution in [3.63, 3.8) is 0 Å². The summed E-state index contributed by atoms with van der Waals surface area (Å²) in [5.41, 5.74) is 1.99. The van der Waals surface area contributed by atoms with E-state index in [-0.39, 0.29) is 35.7 Å². The maximum atomic E-state index is 12.4. The van der Waals surface area contributed by atoms with Crippen molar-refractivity contribution in [3.8, 4) is 17.0 Å². The fraction of sp³-hybridized carbons (Fsp3) is 0.333. The molecule has 152 valence electrons. The summed E-state index contributed by atoms with van der Waals surface area (Å²) >= 11 is 0. The molecule has 29 heavy (non-hydrogen) atoms. The third-order valence-corrected chi connectivity index (χ3v) is 4.42. The van der Waals surface area contributed by atoms with E-state index in [2.05, 4.69) is 15.6 Å². The molecule has 0 aliphatic carbocycles. The Hall–Kier alpha value is -3.42. The van der Waals surface area contributed by atoms with Crippen LogP contribution in [0.3, 0.4) is 0 Å². The predicted molar refractivity (Wildman–Crippen MR) is 108 cm³/mol. The van der Waals surface area contributed by atoms with Crippen LogP contribution in [0.5, 0.6) is 5.75 Å². The summed E-state index contributed by atoms with van der Waals surface area (Å²) in [7, 11) is 1.60. The number of nitrogens with zero attached hydrogens (tertiary/aromatic N) is 3. The topological polar surface area (TPSA) is 99.2 Å². The first-order valence-corrected chi connectivity index (χ1v) is 9.37. The van der Waals surface area contributed by atoms with Crippen molar-refractivity contribution in [2.45, 2.75) is 39.3 Å². The SMILES string of the molecule is COc1ccc(-c2ccc(=O)n(C[C@H](C)NC(=O)c3cc(C(C)C)no3)n2)cc1. The normalized spacial score (nSPS) is 12.0. The van der Waals surface area contributed by atoms with Gasteiger partial charge in [0.2, 0.25) is 5.76 Å². The van der Waals surface area contributed by atoms with Crippen LogP contribution >= 0.6 is 0 Å². The van der Waals surface area contributed by atoms with Crippen molar-refractivity contribution < 1.29 is 14.1 Å². The Balaban J connectivity index is 1.71. The van der Waals surface area contributed by atoms with E-state index in [0.717, 1.165) is 11.3 Å². The molecule has 2 heterocycles. The zero-order chi connectivity index (χ0) is 21.0. The highest BCUT2D eigenvalue weighted by Crippen LogP contribution is 2.19. The zero-order valence-corrected chi connectivity index (χ0v) is 16.9. The number of methoxy groups -OCH3 is 1. The van der Waals surface area contributed by atoms with Gasteiger partial charge in [-0.3, -0.25) is 9.59 Å². The van der Waals surface area contributed by atoms with Crippen LogP contribution in [-0.4, -0.2) is 34.0 Å². The first-order chi connectivity index (χ1) is 13.9. The zero-order valence-electron chi connectivity index (χ0n) is 16.9. The largest absolute Gasteiger partial charge is 0.497 e. The molecule has 3 aromatic rings. The Morgan fingerprint density at radius 3 is 2.52 bits per heavy atom. The molecule has 0 fully saturated rings. The van der Waals surface area contributed by atoms with Crippen LogP contribution in [0.15, 0.2) is 51.8 Å². The number of carbonyl (C=O) groups is 1. The molecule has 0 bridgehead atoms. The van der Waals surface area contributed by atoms with Gasteiger partial charge in [0.25, 0.3) is 11.5 Å². The van der Waals surface area contributed by atoms with Crippen LogP contribution in [0.1, 0.15) is 42.9 Å². The van der Waals surface area contributed by atoms with Crippen molar-refractivity contribution in [3.05, 3.63) is 64.3 Å². The quantitative estimate of drug-likeness (QED) is 0.659. The summed E-state index contributed by atoms with van der Waals surface area (Å²) in [4.78, 5) is 24.6. The molecule has 1 atom stereocenters. The van der Waals surface area contributed by atoms with Gasteiger partial charge in [-0.2, -0.15) is 5.10 Å². The highest BCUT2D eigenvalue weighted by atomic mass is 16.5. The molecule has 1 amide bonds. The van der Waals surface area contributed by atoms with Gasteiger partial charge in [0.15, 0.2) is 0 Å². The maximum Gasteiger partial charge on any atom is 0.290 e. The van der Waals surface area contributed by atoms with Gasteiger partial charge in [0.05, 0.1) is 25.0 Å². The van der Waals surface area contributed by atoms with E-state index in [1.165, 1.54) is 10.7 Å². The average molecular weight is 396 g/mol. The number of amides is 1. The molecule has 1 aromatic carbocycles. The Bertz CT molecular complexity index is 1040. The molecule has 0 unspecified atom stereocenters. The number of carbonyl (C=O) groups excluding carboxylic acids is 1. The van der Waals surface area contributed by atoms with Gasteiger partial charge in [-0.1, -0.05) is 19.0 Å². The maximum absolute atomic E-state index is 12.4. The fourth-order valence-electron chi connectivity index (χ4n) is 2.76. The monoisotopic (exact) mass is 396 g/mol. The highest BCUT2D eigenvalue weighted by Gasteiger charge is 2.17. The molecule has 0 aliphatic rings. The number of benzene rings is 1. The summed E-state index contributed by atoms with van der Waals surface area (Å²) in [6, 6.07) is 11.8. The van der Waals surface area contributed by atoms with Gasteiger partial charge >= 0.3 is 0 Å². The summed E-state index contributed by atoms with van der Waals surface area (Å²) in [5, 5.41) is 11.1. The van der Waals surface area contributed by atoms with E-state index in [0.29, 0.717) is 11.4 Å². The first-order valence-electron chi connectivity index (χ1n) is 9.37. The van der Waals surface area contributed by atoms with Crippen LogP contribution in [-0.2, 0) is 6.54 Å². The second-order valence-electron chi connectivity index (χ2n) is 7.11. The van der Waals surface area contributed by atoms with E-state index in [1.54, 1.807) is 26.2 Å². The van der Waals surface area contributed by atoms with Gasteiger partial charge in [0, 0.05) is 23.7 Å². The van der Waals surface area contributed by atoms with Gasteiger partial charge in [0.1, 0.15) is 5.75 Å². The molecule has 8 heteroatoms. The van der Waals surface area contributed by atoms with E-state index >= 15 is 0 Å². The molecule has 1 N–H and O–H groups in total. The minimum Gasteiger partial charge on any atom is -0.497 e. The van der Waals surface area contributed by atoms with E-state index in [1.807, 2.05) is 38.1 Å². The molecule has 3 rings (SSSR count). The smallest absolute Gasteiger partial charge is 0.290 e. The minimum absolute atomic E-state index is 0.146.